The third-order valence-corrected chi connectivity index (χ3v) is 3.13. The van der Waals surface area contributed by atoms with E-state index in [1.165, 1.54) is 11.3 Å². The highest BCUT2D eigenvalue weighted by Gasteiger charge is 2.18. The Hall–Kier alpha value is -1.62. The summed E-state index contributed by atoms with van der Waals surface area (Å²) in [7, 11) is 1.97. The zero-order valence-corrected chi connectivity index (χ0v) is 11.5. The van der Waals surface area contributed by atoms with Crippen molar-refractivity contribution < 1.29 is 0 Å². The van der Waals surface area contributed by atoms with E-state index < -0.39 is 0 Å². The van der Waals surface area contributed by atoms with E-state index in [1.54, 1.807) is 0 Å². The SMILES string of the molecule is CCn1cc(C(NC)c2cc(C)nn2CC)cn1. The molecule has 0 radical (unpaired) electrons. The maximum Gasteiger partial charge on any atom is 0.0776 e. The molecule has 2 aromatic heterocycles. The number of hydrogen-bond donors (Lipinski definition) is 1. The first-order chi connectivity index (χ1) is 8.69. The quantitative estimate of drug-likeness (QED) is 0.875. The molecule has 0 bridgehead atoms. The highest BCUT2D eigenvalue weighted by atomic mass is 15.3. The van der Waals surface area contributed by atoms with E-state index in [0.29, 0.717) is 0 Å². The van der Waals surface area contributed by atoms with Gasteiger partial charge in [0.25, 0.3) is 0 Å². The normalized spacial score (nSPS) is 12.9. The molecule has 1 atom stereocenters. The van der Waals surface area contributed by atoms with Crippen molar-refractivity contribution in [2.75, 3.05) is 7.05 Å². The topological polar surface area (TPSA) is 47.7 Å². The van der Waals surface area contributed by atoms with Crippen molar-refractivity contribution in [2.45, 2.75) is 39.9 Å². The van der Waals surface area contributed by atoms with Gasteiger partial charge in [-0.15, -0.1) is 0 Å². The van der Waals surface area contributed by atoms with Crippen molar-refractivity contribution in [2.24, 2.45) is 0 Å². The highest BCUT2D eigenvalue weighted by Crippen LogP contribution is 2.22. The Morgan fingerprint density at radius 3 is 2.67 bits per heavy atom. The summed E-state index contributed by atoms with van der Waals surface area (Å²) in [5, 5.41) is 12.2. The van der Waals surface area contributed by atoms with Crippen LogP contribution in [0.5, 0.6) is 0 Å². The Morgan fingerprint density at radius 2 is 2.11 bits per heavy atom. The molecule has 0 aliphatic rings. The van der Waals surface area contributed by atoms with Crippen LogP contribution in [-0.4, -0.2) is 26.6 Å². The molecular weight excluding hydrogens is 226 g/mol. The third kappa shape index (κ3) is 2.31. The fourth-order valence-corrected chi connectivity index (χ4v) is 2.24. The second-order valence-electron chi connectivity index (χ2n) is 4.38. The molecule has 18 heavy (non-hydrogen) atoms. The van der Waals surface area contributed by atoms with E-state index in [0.717, 1.165) is 18.8 Å². The largest absolute Gasteiger partial charge is 0.308 e. The van der Waals surface area contributed by atoms with Crippen LogP contribution in [-0.2, 0) is 13.1 Å². The smallest absolute Gasteiger partial charge is 0.0776 e. The molecule has 2 rings (SSSR count). The first-order valence-corrected chi connectivity index (χ1v) is 6.43. The molecule has 98 valence electrons. The number of nitrogens with one attached hydrogen (secondary N) is 1. The zero-order valence-electron chi connectivity index (χ0n) is 11.5. The van der Waals surface area contributed by atoms with Gasteiger partial charge in [-0.2, -0.15) is 10.2 Å². The summed E-state index contributed by atoms with van der Waals surface area (Å²) in [6, 6.07) is 2.28. The summed E-state index contributed by atoms with van der Waals surface area (Å²) in [6.07, 6.45) is 4.01. The van der Waals surface area contributed by atoms with E-state index in [1.807, 2.05) is 29.5 Å². The van der Waals surface area contributed by atoms with Crippen molar-refractivity contribution in [1.29, 1.82) is 0 Å². The molecule has 5 nitrogen and oxygen atoms in total. The molecule has 0 spiro atoms. The van der Waals surface area contributed by atoms with Gasteiger partial charge in [-0.25, -0.2) is 0 Å². The van der Waals surface area contributed by atoms with Gasteiger partial charge in [0, 0.05) is 24.8 Å². The molecule has 2 heterocycles. The number of aryl methyl sites for hydroxylation is 3. The number of hydrogen-bond acceptors (Lipinski definition) is 3. The Kier molecular flexibility index (Phi) is 3.81. The van der Waals surface area contributed by atoms with E-state index in [4.69, 9.17) is 0 Å². The van der Waals surface area contributed by atoms with Crippen LogP contribution in [0.4, 0.5) is 0 Å². The first kappa shape index (κ1) is 12.8. The number of aromatic nitrogens is 4. The minimum atomic E-state index is 0.145. The molecule has 2 aromatic rings. The maximum atomic E-state index is 4.50. The van der Waals surface area contributed by atoms with Crippen molar-refractivity contribution in [3.63, 3.8) is 0 Å². The molecule has 0 amide bonds. The third-order valence-electron chi connectivity index (χ3n) is 3.13. The Morgan fingerprint density at radius 1 is 1.33 bits per heavy atom. The summed E-state index contributed by atoms with van der Waals surface area (Å²) in [4.78, 5) is 0. The monoisotopic (exact) mass is 247 g/mol. The second-order valence-corrected chi connectivity index (χ2v) is 4.38. The van der Waals surface area contributed by atoms with Gasteiger partial charge in [0.2, 0.25) is 0 Å². The van der Waals surface area contributed by atoms with Crippen molar-refractivity contribution >= 4 is 0 Å². The van der Waals surface area contributed by atoms with Crippen LogP contribution >= 0.6 is 0 Å². The molecule has 0 aromatic carbocycles. The van der Waals surface area contributed by atoms with Crippen LogP contribution in [0.2, 0.25) is 0 Å². The average molecular weight is 247 g/mol. The van der Waals surface area contributed by atoms with E-state index >= 15 is 0 Å². The van der Waals surface area contributed by atoms with Crippen LogP contribution in [0.25, 0.3) is 0 Å². The maximum absolute atomic E-state index is 4.50. The summed E-state index contributed by atoms with van der Waals surface area (Å²) >= 11 is 0. The van der Waals surface area contributed by atoms with Gasteiger partial charge in [0.15, 0.2) is 0 Å². The lowest BCUT2D eigenvalue weighted by molar-refractivity contribution is 0.560. The minimum absolute atomic E-state index is 0.145. The Bertz CT molecular complexity index is 511. The van der Waals surface area contributed by atoms with E-state index in [-0.39, 0.29) is 6.04 Å². The second kappa shape index (κ2) is 5.35. The van der Waals surface area contributed by atoms with Crippen molar-refractivity contribution in [1.82, 2.24) is 24.9 Å². The van der Waals surface area contributed by atoms with Crippen LogP contribution < -0.4 is 5.32 Å². The van der Waals surface area contributed by atoms with Gasteiger partial charge < -0.3 is 5.32 Å². The predicted octanol–water partition coefficient (Wildman–Crippen LogP) is 1.74. The van der Waals surface area contributed by atoms with E-state index in [9.17, 15) is 0 Å². The Balaban J connectivity index is 2.37. The molecule has 0 aliphatic carbocycles. The van der Waals surface area contributed by atoms with Gasteiger partial charge in [0.05, 0.1) is 23.6 Å². The van der Waals surface area contributed by atoms with Gasteiger partial charge in [-0.3, -0.25) is 9.36 Å². The van der Waals surface area contributed by atoms with Gasteiger partial charge in [-0.05, 0) is 33.9 Å². The molecule has 1 unspecified atom stereocenters. The van der Waals surface area contributed by atoms with Crippen LogP contribution in [0.1, 0.15) is 36.8 Å². The zero-order chi connectivity index (χ0) is 13.1. The van der Waals surface area contributed by atoms with Gasteiger partial charge in [0.1, 0.15) is 0 Å². The lowest BCUT2D eigenvalue weighted by Gasteiger charge is -2.15. The highest BCUT2D eigenvalue weighted by molar-refractivity contribution is 5.25. The van der Waals surface area contributed by atoms with Gasteiger partial charge in [-0.1, -0.05) is 0 Å². The fraction of sp³-hybridized carbons (Fsp3) is 0.538. The lowest BCUT2D eigenvalue weighted by Crippen LogP contribution is -2.21. The molecule has 0 saturated heterocycles. The number of nitrogens with zero attached hydrogens (tertiary/aromatic N) is 4. The first-order valence-electron chi connectivity index (χ1n) is 6.43. The van der Waals surface area contributed by atoms with Gasteiger partial charge >= 0.3 is 0 Å². The lowest BCUT2D eigenvalue weighted by atomic mass is 10.1. The summed E-state index contributed by atoms with van der Waals surface area (Å²) in [6.45, 7) is 7.99. The molecule has 5 heteroatoms. The fourth-order valence-electron chi connectivity index (χ4n) is 2.24. The Labute approximate surface area is 108 Å². The summed E-state index contributed by atoms with van der Waals surface area (Å²) < 4.78 is 3.99. The van der Waals surface area contributed by atoms with E-state index in [2.05, 4.69) is 41.6 Å². The van der Waals surface area contributed by atoms with Crippen molar-refractivity contribution in [3.8, 4) is 0 Å². The number of rotatable bonds is 5. The molecule has 0 aliphatic heterocycles. The molecule has 0 fully saturated rings. The predicted molar refractivity (Wildman–Crippen MR) is 71.4 cm³/mol. The average Bonchev–Trinajstić information content (AvgIpc) is 2.97. The van der Waals surface area contributed by atoms with Crippen LogP contribution in [0.3, 0.4) is 0 Å². The van der Waals surface area contributed by atoms with Crippen molar-refractivity contribution in [3.05, 3.63) is 35.4 Å². The standard InChI is InChI=1S/C13H21N5/c1-5-17-9-11(8-15-17)13(14-4)12-7-10(3)16-18(12)6-2/h7-9,13-14H,5-6H2,1-4H3. The summed E-state index contributed by atoms with van der Waals surface area (Å²) in [5.74, 6) is 0. The van der Waals surface area contributed by atoms with Crippen LogP contribution in [0.15, 0.2) is 18.5 Å². The molecule has 1 N–H and O–H groups in total. The van der Waals surface area contributed by atoms with Crippen LogP contribution in [0, 0.1) is 6.92 Å². The minimum Gasteiger partial charge on any atom is -0.308 e. The molecule has 0 saturated carbocycles. The molecular formula is C13H21N5. The summed E-state index contributed by atoms with van der Waals surface area (Å²) in [5.41, 5.74) is 3.41.